The number of aliphatic hydroxyl groups is 1. The highest BCUT2D eigenvalue weighted by Gasteiger charge is 2.52. The van der Waals surface area contributed by atoms with Gasteiger partial charge in [-0.3, -0.25) is 24.0 Å². The topological polar surface area (TPSA) is 164 Å². The fourth-order valence-electron chi connectivity index (χ4n) is 7.30. The zero-order valence-corrected chi connectivity index (χ0v) is 37.4. The van der Waals surface area contributed by atoms with Crippen molar-refractivity contribution in [3.8, 4) is 5.75 Å². The van der Waals surface area contributed by atoms with Gasteiger partial charge in [0.25, 0.3) is 0 Å². The first-order valence-corrected chi connectivity index (χ1v) is 23.3. The second-order valence-electron chi connectivity index (χ2n) is 17.1. The van der Waals surface area contributed by atoms with Gasteiger partial charge in [-0.25, -0.2) is 8.78 Å². The molecule has 1 amide bonds. The number of β-lactam (4-membered cyclic amide) rings is 1. The zero-order valence-electron chi connectivity index (χ0n) is 36.4. The maximum Gasteiger partial charge on any atom is 0.303 e. The number of carbonyl (C=O) groups is 5. The van der Waals surface area contributed by atoms with Crippen LogP contribution in [-0.2, 0) is 47.7 Å². The highest BCUT2D eigenvalue weighted by Crippen LogP contribution is 2.50. The van der Waals surface area contributed by atoms with Gasteiger partial charge in [-0.1, -0.05) is 57.2 Å². The number of nitrogens with zero attached hydrogens (tertiary/aromatic N) is 1. The number of carbonyl (C=O) groups excluding carboxylic acids is 5. The first-order chi connectivity index (χ1) is 29.1. The SMILES string of the molecule is CC(=O)OCC1O[C@@H](/C=C/c2ccc([C@@H]3[C@@H](CC[C@H](O)c4ccc(F)cc4)C(=O)N3c3ccc(F)cc3)c(O[Si](C)(C)C(C)(C)C)c2)C(OC(C)=O)[C@@H](OC(C)=O)[C@H]1OC(C)=O. The molecule has 8 atom stereocenters. The molecular formula is C46H55F2NO12Si. The van der Waals surface area contributed by atoms with Crippen LogP contribution < -0.4 is 9.33 Å². The molecule has 334 valence electrons. The molecule has 62 heavy (non-hydrogen) atoms. The van der Waals surface area contributed by atoms with Crippen molar-refractivity contribution in [1.29, 1.82) is 0 Å². The lowest BCUT2D eigenvalue weighted by Crippen LogP contribution is -2.61. The van der Waals surface area contributed by atoms with Gasteiger partial charge >= 0.3 is 23.9 Å². The van der Waals surface area contributed by atoms with Crippen molar-refractivity contribution in [2.75, 3.05) is 11.5 Å². The molecule has 0 saturated carbocycles. The third kappa shape index (κ3) is 11.5. The van der Waals surface area contributed by atoms with Crippen LogP contribution in [0.1, 0.15) is 90.1 Å². The molecule has 0 aromatic heterocycles. The minimum Gasteiger partial charge on any atom is -0.543 e. The summed E-state index contributed by atoms with van der Waals surface area (Å²) in [5, 5.41) is 10.8. The summed E-state index contributed by atoms with van der Waals surface area (Å²) in [6.07, 6.45) is -3.45. The van der Waals surface area contributed by atoms with Gasteiger partial charge in [-0.05, 0) is 84.6 Å². The number of aliphatic hydroxyl groups excluding tert-OH is 1. The molecular weight excluding hydrogens is 825 g/mol. The van der Waals surface area contributed by atoms with E-state index in [1.54, 1.807) is 23.1 Å². The van der Waals surface area contributed by atoms with Gasteiger partial charge in [0, 0.05) is 38.9 Å². The van der Waals surface area contributed by atoms with E-state index in [9.17, 15) is 37.9 Å². The molecule has 0 radical (unpaired) electrons. The van der Waals surface area contributed by atoms with E-state index in [4.69, 9.17) is 28.1 Å². The maximum absolute atomic E-state index is 14.1. The minimum atomic E-state index is -2.59. The predicted molar refractivity (Wildman–Crippen MR) is 226 cm³/mol. The Morgan fingerprint density at radius 1 is 0.823 bits per heavy atom. The van der Waals surface area contributed by atoms with Crippen LogP contribution in [0.3, 0.4) is 0 Å². The van der Waals surface area contributed by atoms with E-state index in [1.807, 2.05) is 12.1 Å². The molecule has 13 nitrogen and oxygen atoms in total. The van der Waals surface area contributed by atoms with Crippen molar-refractivity contribution >= 4 is 49.9 Å². The smallest absolute Gasteiger partial charge is 0.303 e. The normalized spacial score (nSPS) is 23.3. The van der Waals surface area contributed by atoms with E-state index in [-0.39, 0.29) is 30.4 Å². The van der Waals surface area contributed by atoms with Crippen molar-refractivity contribution in [3.05, 3.63) is 101 Å². The highest BCUT2D eigenvalue weighted by atomic mass is 28.4. The van der Waals surface area contributed by atoms with Gasteiger partial charge in [0.2, 0.25) is 14.2 Å². The van der Waals surface area contributed by atoms with Crippen LogP contribution >= 0.6 is 0 Å². The summed E-state index contributed by atoms with van der Waals surface area (Å²) in [6, 6.07) is 16.0. The molecule has 0 bridgehead atoms. The maximum atomic E-state index is 14.1. The number of halogens is 2. The van der Waals surface area contributed by atoms with E-state index in [0.29, 0.717) is 28.1 Å². The first kappa shape index (κ1) is 47.6. The van der Waals surface area contributed by atoms with E-state index < -0.39 is 92.4 Å². The lowest BCUT2D eigenvalue weighted by molar-refractivity contribution is -0.244. The van der Waals surface area contributed by atoms with Crippen LogP contribution in [0.5, 0.6) is 5.75 Å². The molecule has 0 spiro atoms. The molecule has 2 saturated heterocycles. The number of anilines is 1. The summed E-state index contributed by atoms with van der Waals surface area (Å²) in [6.45, 7) is 14.7. The molecule has 2 heterocycles. The molecule has 0 aliphatic carbocycles. The molecule has 2 fully saturated rings. The van der Waals surface area contributed by atoms with E-state index in [0.717, 1.165) is 20.8 Å². The Labute approximate surface area is 361 Å². The van der Waals surface area contributed by atoms with Crippen LogP contribution in [0, 0.1) is 17.6 Å². The molecule has 2 unspecified atom stereocenters. The van der Waals surface area contributed by atoms with E-state index in [2.05, 4.69) is 33.9 Å². The third-order valence-corrected chi connectivity index (χ3v) is 15.7. The summed E-state index contributed by atoms with van der Waals surface area (Å²) in [7, 11) is -2.59. The van der Waals surface area contributed by atoms with Crippen molar-refractivity contribution in [2.24, 2.45) is 5.92 Å². The quantitative estimate of drug-likeness (QED) is 0.0686. The lowest BCUT2D eigenvalue weighted by Gasteiger charge is -2.49. The molecule has 2 aliphatic rings. The number of hydrogen-bond acceptors (Lipinski definition) is 12. The Balaban J connectivity index is 1.58. The summed E-state index contributed by atoms with van der Waals surface area (Å²) in [5.41, 5.74) is 2.25. The average Bonchev–Trinajstić information content (AvgIpc) is 3.17. The van der Waals surface area contributed by atoms with Crippen LogP contribution in [0.2, 0.25) is 18.1 Å². The van der Waals surface area contributed by atoms with Crippen molar-refractivity contribution < 1.29 is 66.0 Å². The molecule has 5 rings (SSSR count). The minimum absolute atomic E-state index is 0.199. The van der Waals surface area contributed by atoms with Gasteiger partial charge < -0.3 is 38.1 Å². The van der Waals surface area contributed by atoms with Crippen LogP contribution in [0.15, 0.2) is 72.8 Å². The Morgan fingerprint density at radius 2 is 1.39 bits per heavy atom. The van der Waals surface area contributed by atoms with Crippen molar-refractivity contribution in [3.63, 3.8) is 0 Å². The second-order valence-corrected chi connectivity index (χ2v) is 21.8. The Bertz CT molecular complexity index is 2140. The fraction of sp³-hybridized carbons (Fsp3) is 0.457. The predicted octanol–water partition coefficient (Wildman–Crippen LogP) is 7.71. The lowest BCUT2D eigenvalue weighted by atomic mass is 9.77. The van der Waals surface area contributed by atoms with Crippen LogP contribution in [-0.4, -0.2) is 80.3 Å². The van der Waals surface area contributed by atoms with Crippen LogP contribution in [0.25, 0.3) is 6.08 Å². The zero-order chi connectivity index (χ0) is 45.7. The molecule has 1 N–H and O–H groups in total. The van der Waals surface area contributed by atoms with Crippen molar-refractivity contribution in [1.82, 2.24) is 0 Å². The average molecular weight is 880 g/mol. The Morgan fingerprint density at radius 3 is 1.95 bits per heavy atom. The standard InChI is InChI=1S/C46H55F2NO12Si/c1-26(50)56-25-40-43(58-28(3)52)44(59-29(4)53)42(57-27(2)51)38(60-40)23-11-30-10-20-35(39(24-30)61-62(8,9)46(5,6)7)41-36(21-22-37(54)31-12-14-32(47)15-13-31)45(55)49(41)34-18-16-33(48)17-19-34/h10-20,23-24,36-38,40-44,54H,21-22,25H2,1-9H3/b23-11+/t36-,37+,38+,40?,41-,42?,43+,44-/m1/s1. The van der Waals surface area contributed by atoms with Gasteiger partial charge in [0.05, 0.1) is 18.1 Å². The number of rotatable bonds is 15. The second kappa shape index (κ2) is 19.7. The first-order valence-electron chi connectivity index (χ1n) is 20.4. The molecule has 3 aromatic rings. The van der Waals surface area contributed by atoms with Gasteiger partial charge in [0.15, 0.2) is 18.3 Å². The largest absolute Gasteiger partial charge is 0.543 e. The summed E-state index contributed by atoms with van der Waals surface area (Å²) in [4.78, 5) is 64.5. The Hall–Kier alpha value is -5.45. The number of esters is 4. The van der Waals surface area contributed by atoms with Crippen molar-refractivity contribution in [2.45, 2.75) is 122 Å². The molecule has 2 aliphatic heterocycles. The number of amides is 1. The van der Waals surface area contributed by atoms with Gasteiger partial charge in [-0.15, -0.1) is 0 Å². The fourth-order valence-corrected chi connectivity index (χ4v) is 8.34. The third-order valence-electron chi connectivity index (χ3n) is 11.4. The molecule has 16 heteroatoms. The summed E-state index contributed by atoms with van der Waals surface area (Å²) in [5.74, 6) is -4.13. The van der Waals surface area contributed by atoms with Crippen LogP contribution in [0.4, 0.5) is 14.5 Å². The highest BCUT2D eigenvalue weighted by molar-refractivity contribution is 6.74. The Kier molecular flexibility index (Phi) is 15.1. The molecule has 3 aromatic carbocycles. The van der Waals surface area contributed by atoms with Gasteiger partial charge in [-0.2, -0.15) is 0 Å². The number of hydrogen-bond donors (Lipinski definition) is 1. The van der Waals surface area contributed by atoms with Gasteiger partial charge in [0.1, 0.15) is 36.2 Å². The monoisotopic (exact) mass is 879 g/mol. The summed E-state index contributed by atoms with van der Waals surface area (Å²) >= 11 is 0. The number of ether oxygens (including phenoxy) is 5. The number of benzene rings is 3. The van der Waals surface area contributed by atoms with E-state index in [1.165, 1.54) is 55.5 Å². The summed E-state index contributed by atoms with van der Waals surface area (Å²) < 4.78 is 63.0. The van der Waals surface area contributed by atoms with E-state index >= 15 is 0 Å².